The topological polar surface area (TPSA) is 67.4 Å². The average molecular weight is 363 g/mol. The fourth-order valence-electron chi connectivity index (χ4n) is 2.62. The Labute approximate surface area is 145 Å². The van der Waals surface area contributed by atoms with Gasteiger partial charge in [-0.3, -0.25) is 0 Å². The molecule has 5 nitrogen and oxygen atoms in total. The molecule has 1 fully saturated rings. The van der Waals surface area contributed by atoms with E-state index in [0.717, 1.165) is 19.5 Å². The first kappa shape index (κ1) is 20.2. The van der Waals surface area contributed by atoms with Crippen molar-refractivity contribution < 1.29 is 13.2 Å². The monoisotopic (exact) mass is 362 g/mol. The van der Waals surface area contributed by atoms with Crippen molar-refractivity contribution in [3.63, 3.8) is 0 Å². The van der Waals surface area contributed by atoms with Crippen molar-refractivity contribution in [3.05, 3.63) is 24.3 Å². The number of hydrogen-bond acceptors (Lipinski definition) is 4. The van der Waals surface area contributed by atoms with Gasteiger partial charge in [0.05, 0.1) is 11.0 Å². The van der Waals surface area contributed by atoms with E-state index in [0.29, 0.717) is 18.2 Å². The third-order valence-corrected chi connectivity index (χ3v) is 5.23. The highest BCUT2D eigenvalue weighted by Gasteiger charge is 2.16. The fraction of sp³-hybridized carbons (Fsp3) is 0.625. The van der Waals surface area contributed by atoms with Crippen molar-refractivity contribution in [1.29, 1.82) is 0 Å². The molecule has 1 aliphatic heterocycles. The summed E-state index contributed by atoms with van der Waals surface area (Å²) in [6, 6.07) is 6.56. The molecule has 0 amide bonds. The Balaban J connectivity index is 0.00000264. The highest BCUT2D eigenvalue weighted by Crippen LogP contribution is 2.18. The predicted molar refractivity (Wildman–Crippen MR) is 94.9 cm³/mol. The summed E-state index contributed by atoms with van der Waals surface area (Å²) >= 11 is 0. The average Bonchev–Trinajstić information content (AvgIpc) is 2.48. The van der Waals surface area contributed by atoms with Crippen LogP contribution in [-0.4, -0.2) is 34.2 Å². The van der Waals surface area contributed by atoms with Crippen molar-refractivity contribution in [3.8, 4) is 5.75 Å². The van der Waals surface area contributed by atoms with Crippen LogP contribution in [0.1, 0.15) is 33.1 Å². The van der Waals surface area contributed by atoms with Crippen LogP contribution in [0.3, 0.4) is 0 Å². The molecule has 0 saturated carbocycles. The SMILES string of the molecule is CC(C)Oc1ccc(S(=O)(=O)NCCC2CCCNC2)cc1.Cl. The lowest BCUT2D eigenvalue weighted by molar-refractivity contribution is 0.242. The van der Waals surface area contributed by atoms with E-state index in [9.17, 15) is 8.42 Å². The van der Waals surface area contributed by atoms with Crippen molar-refractivity contribution in [2.75, 3.05) is 19.6 Å². The summed E-state index contributed by atoms with van der Waals surface area (Å²) < 4.78 is 32.7. The molecule has 1 atom stereocenters. The highest BCUT2D eigenvalue weighted by atomic mass is 35.5. The summed E-state index contributed by atoms with van der Waals surface area (Å²) in [6.45, 7) is 6.42. The van der Waals surface area contributed by atoms with Crippen molar-refractivity contribution in [2.24, 2.45) is 5.92 Å². The van der Waals surface area contributed by atoms with Gasteiger partial charge in [0.2, 0.25) is 10.0 Å². The van der Waals surface area contributed by atoms with Crippen LogP contribution in [0.4, 0.5) is 0 Å². The smallest absolute Gasteiger partial charge is 0.240 e. The van der Waals surface area contributed by atoms with Crippen molar-refractivity contribution in [2.45, 2.75) is 44.1 Å². The minimum Gasteiger partial charge on any atom is -0.491 e. The molecule has 7 heteroatoms. The van der Waals surface area contributed by atoms with Crippen LogP contribution in [-0.2, 0) is 10.0 Å². The first-order chi connectivity index (χ1) is 10.5. The summed E-state index contributed by atoms with van der Waals surface area (Å²) in [7, 11) is -3.43. The number of piperidine rings is 1. The molecule has 0 spiro atoms. The Hall–Kier alpha value is -0.820. The van der Waals surface area contributed by atoms with E-state index in [2.05, 4.69) is 10.0 Å². The molecular formula is C16H27ClN2O3S. The van der Waals surface area contributed by atoms with Gasteiger partial charge in [-0.15, -0.1) is 12.4 Å². The lowest BCUT2D eigenvalue weighted by Crippen LogP contribution is -2.33. The van der Waals surface area contributed by atoms with Crippen LogP contribution in [0, 0.1) is 5.92 Å². The Morgan fingerprint density at radius 1 is 1.30 bits per heavy atom. The fourth-order valence-corrected chi connectivity index (χ4v) is 3.67. The van der Waals surface area contributed by atoms with Gasteiger partial charge in [0.1, 0.15) is 5.75 Å². The van der Waals surface area contributed by atoms with Crippen LogP contribution in [0.5, 0.6) is 5.75 Å². The van der Waals surface area contributed by atoms with Crippen LogP contribution in [0.15, 0.2) is 29.2 Å². The molecule has 1 saturated heterocycles. The molecule has 1 aromatic rings. The minimum absolute atomic E-state index is 0. The Kier molecular flexibility index (Phi) is 8.33. The Morgan fingerprint density at radius 3 is 2.57 bits per heavy atom. The Bertz CT molecular complexity index is 555. The second kappa shape index (κ2) is 9.47. The first-order valence-electron chi connectivity index (χ1n) is 7.94. The lowest BCUT2D eigenvalue weighted by atomic mass is 9.96. The number of hydrogen-bond donors (Lipinski definition) is 2. The van der Waals surface area contributed by atoms with Gasteiger partial charge in [0, 0.05) is 6.54 Å². The zero-order valence-corrected chi connectivity index (χ0v) is 15.4. The summed E-state index contributed by atoms with van der Waals surface area (Å²) in [5.41, 5.74) is 0. The van der Waals surface area contributed by atoms with Crippen LogP contribution < -0.4 is 14.8 Å². The van der Waals surface area contributed by atoms with Crippen LogP contribution in [0.2, 0.25) is 0 Å². The molecule has 1 aromatic carbocycles. The normalized spacial score (nSPS) is 18.5. The van der Waals surface area contributed by atoms with E-state index in [1.54, 1.807) is 24.3 Å². The van der Waals surface area contributed by atoms with Gasteiger partial charge in [0.15, 0.2) is 0 Å². The van der Waals surface area contributed by atoms with Gasteiger partial charge in [-0.1, -0.05) is 0 Å². The van der Waals surface area contributed by atoms with E-state index in [1.165, 1.54) is 12.8 Å². The van der Waals surface area contributed by atoms with E-state index in [4.69, 9.17) is 4.74 Å². The summed E-state index contributed by atoms with van der Waals surface area (Å²) in [6.07, 6.45) is 3.30. The molecule has 1 aliphatic rings. The van der Waals surface area contributed by atoms with E-state index >= 15 is 0 Å². The van der Waals surface area contributed by atoms with Gasteiger partial charge in [-0.05, 0) is 76.4 Å². The molecular weight excluding hydrogens is 336 g/mol. The number of rotatable bonds is 7. The molecule has 0 bridgehead atoms. The zero-order chi connectivity index (χ0) is 16.0. The van der Waals surface area contributed by atoms with Gasteiger partial charge in [-0.25, -0.2) is 13.1 Å². The standard InChI is InChI=1S/C16H26N2O3S.ClH/c1-13(2)21-15-5-7-16(8-6-15)22(19,20)18-11-9-14-4-3-10-17-12-14;/h5-8,13-14,17-18H,3-4,9-12H2,1-2H3;1H. The molecule has 2 N–H and O–H groups in total. The molecule has 132 valence electrons. The third kappa shape index (κ3) is 6.67. The molecule has 0 radical (unpaired) electrons. The van der Waals surface area contributed by atoms with E-state index in [1.807, 2.05) is 13.8 Å². The number of halogens is 1. The quantitative estimate of drug-likeness (QED) is 0.782. The Morgan fingerprint density at radius 2 is 2.00 bits per heavy atom. The molecule has 23 heavy (non-hydrogen) atoms. The zero-order valence-electron chi connectivity index (χ0n) is 13.7. The number of sulfonamides is 1. The van der Waals surface area contributed by atoms with Gasteiger partial charge < -0.3 is 10.1 Å². The largest absolute Gasteiger partial charge is 0.491 e. The van der Waals surface area contributed by atoms with Crippen LogP contribution >= 0.6 is 12.4 Å². The third-order valence-electron chi connectivity index (χ3n) is 3.75. The lowest BCUT2D eigenvalue weighted by Gasteiger charge is -2.22. The van der Waals surface area contributed by atoms with E-state index < -0.39 is 10.0 Å². The summed E-state index contributed by atoms with van der Waals surface area (Å²) in [5, 5.41) is 3.34. The van der Waals surface area contributed by atoms with E-state index in [-0.39, 0.29) is 23.4 Å². The molecule has 1 heterocycles. The van der Waals surface area contributed by atoms with Gasteiger partial charge in [-0.2, -0.15) is 0 Å². The summed E-state index contributed by atoms with van der Waals surface area (Å²) in [4.78, 5) is 0.283. The minimum atomic E-state index is -3.43. The summed E-state index contributed by atoms with van der Waals surface area (Å²) in [5.74, 6) is 1.25. The molecule has 0 aliphatic carbocycles. The second-order valence-electron chi connectivity index (χ2n) is 6.04. The van der Waals surface area contributed by atoms with Gasteiger partial charge >= 0.3 is 0 Å². The maximum atomic E-state index is 12.2. The number of benzene rings is 1. The molecule has 2 rings (SSSR count). The highest BCUT2D eigenvalue weighted by molar-refractivity contribution is 7.89. The predicted octanol–water partition coefficient (Wildman–Crippen LogP) is 2.56. The van der Waals surface area contributed by atoms with Gasteiger partial charge in [0.25, 0.3) is 0 Å². The first-order valence-corrected chi connectivity index (χ1v) is 9.43. The maximum absolute atomic E-state index is 12.2. The second-order valence-corrected chi connectivity index (χ2v) is 7.80. The number of ether oxygens (including phenoxy) is 1. The van der Waals surface area contributed by atoms with Crippen LogP contribution in [0.25, 0.3) is 0 Å². The van der Waals surface area contributed by atoms with Crippen molar-refractivity contribution >= 4 is 22.4 Å². The molecule has 0 aromatic heterocycles. The molecule has 1 unspecified atom stereocenters. The van der Waals surface area contributed by atoms with Crippen molar-refractivity contribution in [1.82, 2.24) is 10.0 Å². The maximum Gasteiger partial charge on any atom is 0.240 e. The number of nitrogens with one attached hydrogen (secondary N) is 2.